The molecule has 3 aromatic rings. The van der Waals surface area contributed by atoms with Gasteiger partial charge in [-0.3, -0.25) is 0 Å². The second kappa shape index (κ2) is 5.82. The fraction of sp³-hybridized carbons (Fsp3) is 0.176. The summed E-state index contributed by atoms with van der Waals surface area (Å²) in [5.41, 5.74) is 2.20. The van der Waals surface area contributed by atoms with Gasteiger partial charge in [0.05, 0.1) is 11.6 Å². The molecule has 0 aliphatic rings. The molecule has 1 atom stereocenters. The SMILES string of the molecule is CC(c1ccccc1)N(C)c1ncc2cc(Br)ccc2n1. The minimum Gasteiger partial charge on any atom is -0.337 e. The lowest BCUT2D eigenvalue weighted by atomic mass is 10.1. The summed E-state index contributed by atoms with van der Waals surface area (Å²) in [6.07, 6.45) is 1.87. The topological polar surface area (TPSA) is 29.0 Å². The molecule has 0 bridgehead atoms. The quantitative estimate of drug-likeness (QED) is 0.697. The smallest absolute Gasteiger partial charge is 0.226 e. The van der Waals surface area contributed by atoms with Crippen LogP contribution in [0.15, 0.2) is 59.2 Å². The van der Waals surface area contributed by atoms with Crippen molar-refractivity contribution in [1.82, 2.24) is 9.97 Å². The van der Waals surface area contributed by atoms with Gasteiger partial charge < -0.3 is 4.90 Å². The second-order valence-corrected chi connectivity index (χ2v) is 5.99. The normalized spacial score (nSPS) is 12.3. The molecular formula is C17H16BrN3. The van der Waals surface area contributed by atoms with Crippen LogP contribution in [0.3, 0.4) is 0 Å². The minimum absolute atomic E-state index is 0.221. The summed E-state index contributed by atoms with van der Waals surface area (Å²) in [6, 6.07) is 16.6. The Morgan fingerprint density at radius 3 is 2.62 bits per heavy atom. The van der Waals surface area contributed by atoms with Crippen LogP contribution < -0.4 is 4.90 Å². The molecule has 0 aliphatic carbocycles. The molecule has 1 heterocycles. The number of rotatable bonds is 3. The maximum Gasteiger partial charge on any atom is 0.226 e. The van der Waals surface area contributed by atoms with E-state index in [0.717, 1.165) is 21.3 Å². The molecule has 1 unspecified atom stereocenters. The molecule has 0 N–H and O–H groups in total. The van der Waals surface area contributed by atoms with E-state index in [4.69, 9.17) is 0 Å². The van der Waals surface area contributed by atoms with Crippen molar-refractivity contribution in [1.29, 1.82) is 0 Å². The van der Waals surface area contributed by atoms with Crippen LogP contribution in [-0.2, 0) is 0 Å². The van der Waals surface area contributed by atoms with Crippen LogP contribution in [0.4, 0.5) is 5.95 Å². The number of aromatic nitrogens is 2. The molecule has 0 radical (unpaired) electrons. The van der Waals surface area contributed by atoms with Crippen molar-refractivity contribution in [2.75, 3.05) is 11.9 Å². The summed E-state index contributed by atoms with van der Waals surface area (Å²) in [5, 5.41) is 1.04. The van der Waals surface area contributed by atoms with Gasteiger partial charge in [-0.15, -0.1) is 0 Å². The van der Waals surface area contributed by atoms with Crippen molar-refractivity contribution in [2.24, 2.45) is 0 Å². The monoisotopic (exact) mass is 341 g/mol. The molecule has 0 aliphatic heterocycles. The number of hydrogen-bond donors (Lipinski definition) is 0. The molecule has 1 aromatic heterocycles. The van der Waals surface area contributed by atoms with Gasteiger partial charge in [-0.1, -0.05) is 46.3 Å². The number of fused-ring (bicyclic) bond motifs is 1. The Kier molecular flexibility index (Phi) is 3.88. The van der Waals surface area contributed by atoms with Crippen LogP contribution in [0, 0.1) is 0 Å². The Bertz CT molecular complexity index is 758. The number of nitrogens with zero attached hydrogens (tertiary/aromatic N) is 3. The maximum atomic E-state index is 4.66. The van der Waals surface area contributed by atoms with Crippen molar-refractivity contribution in [2.45, 2.75) is 13.0 Å². The molecule has 4 heteroatoms. The highest BCUT2D eigenvalue weighted by Crippen LogP contribution is 2.24. The van der Waals surface area contributed by atoms with E-state index in [1.54, 1.807) is 0 Å². The van der Waals surface area contributed by atoms with Crippen LogP contribution in [0.5, 0.6) is 0 Å². The number of hydrogen-bond acceptors (Lipinski definition) is 3. The molecule has 0 saturated carbocycles. The van der Waals surface area contributed by atoms with Crippen molar-refractivity contribution in [3.8, 4) is 0 Å². The third kappa shape index (κ3) is 2.90. The largest absolute Gasteiger partial charge is 0.337 e. The fourth-order valence-corrected chi connectivity index (χ4v) is 2.67. The van der Waals surface area contributed by atoms with Gasteiger partial charge in [-0.05, 0) is 30.7 Å². The van der Waals surface area contributed by atoms with E-state index in [9.17, 15) is 0 Å². The first-order chi connectivity index (χ1) is 10.1. The molecule has 0 saturated heterocycles. The summed E-state index contributed by atoms with van der Waals surface area (Å²) < 4.78 is 1.04. The standard InChI is InChI=1S/C17H16BrN3/c1-12(13-6-4-3-5-7-13)21(2)17-19-11-14-10-15(18)8-9-16(14)20-17/h3-12H,1-2H3. The highest BCUT2D eigenvalue weighted by Gasteiger charge is 2.14. The van der Waals surface area contributed by atoms with Crippen LogP contribution in [0.1, 0.15) is 18.5 Å². The van der Waals surface area contributed by atoms with E-state index in [-0.39, 0.29) is 6.04 Å². The average molecular weight is 342 g/mol. The van der Waals surface area contributed by atoms with Crippen molar-refractivity contribution >= 4 is 32.8 Å². The highest BCUT2D eigenvalue weighted by molar-refractivity contribution is 9.10. The first-order valence-electron chi connectivity index (χ1n) is 6.85. The zero-order chi connectivity index (χ0) is 14.8. The molecule has 106 valence electrons. The second-order valence-electron chi connectivity index (χ2n) is 5.07. The van der Waals surface area contributed by atoms with Gasteiger partial charge >= 0.3 is 0 Å². The Labute approximate surface area is 132 Å². The van der Waals surface area contributed by atoms with Crippen LogP contribution >= 0.6 is 15.9 Å². The van der Waals surface area contributed by atoms with Crippen molar-refractivity contribution in [3.05, 3.63) is 64.8 Å². The van der Waals surface area contributed by atoms with Crippen LogP contribution in [0.25, 0.3) is 10.9 Å². The molecule has 3 rings (SSSR count). The Hall–Kier alpha value is -1.94. The summed E-state index contributed by atoms with van der Waals surface area (Å²) >= 11 is 3.47. The Morgan fingerprint density at radius 1 is 1.10 bits per heavy atom. The predicted molar refractivity (Wildman–Crippen MR) is 90.5 cm³/mol. The molecule has 0 spiro atoms. The van der Waals surface area contributed by atoms with Crippen molar-refractivity contribution < 1.29 is 0 Å². The van der Waals surface area contributed by atoms with Crippen LogP contribution in [0.2, 0.25) is 0 Å². The van der Waals surface area contributed by atoms with Gasteiger partial charge in [0, 0.05) is 23.1 Å². The summed E-state index contributed by atoms with van der Waals surface area (Å²) in [5.74, 6) is 0.737. The van der Waals surface area contributed by atoms with Gasteiger partial charge in [-0.25, -0.2) is 9.97 Å². The lowest BCUT2D eigenvalue weighted by Crippen LogP contribution is -2.23. The molecular weight excluding hydrogens is 326 g/mol. The lowest BCUT2D eigenvalue weighted by Gasteiger charge is -2.25. The zero-order valence-electron chi connectivity index (χ0n) is 12.0. The highest BCUT2D eigenvalue weighted by atomic mass is 79.9. The average Bonchev–Trinajstić information content (AvgIpc) is 2.53. The van der Waals surface area contributed by atoms with E-state index in [1.165, 1.54) is 5.56 Å². The van der Waals surface area contributed by atoms with E-state index in [0.29, 0.717) is 0 Å². The zero-order valence-corrected chi connectivity index (χ0v) is 13.6. The van der Waals surface area contributed by atoms with Gasteiger partial charge in [0.1, 0.15) is 0 Å². The summed E-state index contributed by atoms with van der Waals surface area (Å²) in [6.45, 7) is 2.16. The number of benzene rings is 2. The Morgan fingerprint density at radius 2 is 1.86 bits per heavy atom. The third-order valence-electron chi connectivity index (χ3n) is 3.71. The lowest BCUT2D eigenvalue weighted by molar-refractivity contribution is 0.717. The Balaban J connectivity index is 1.94. The van der Waals surface area contributed by atoms with Gasteiger partial charge in [0.25, 0.3) is 0 Å². The van der Waals surface area contributed by atoms with E-state index in [2.05, 4.69) is 62.0 Å². The van der Waals surface area contributed by atoms with E-state index >= 15 is 0 Å². The minimum atomic E-state index is 0.221. The third-order valence-corrected chi connectivity index (χ3v) is 4.20. The molecule has 21 heavy (non-hydrogen) atoms. The molecule has 0 amide bonds. The van der Waals surface area contributed by atoms with Crippen molar-refractivity contribution in [3.63, 3.8) is 0 Å². The molecule has 2 aromatic carbocycles. The van der Waals surface area contributed by atoms with Gasteiger partial charge in [0.2, 0.25) is 5.95 Å². The van der Waals surface area contributed by atoms with Gasteiger partial charge in [0.15, 0.2) is 0 Å². The molecule has 3 nitrogen and oxygen atoms in total. The maximum absolute atomic E-state index is 4.66. The fourth-order valence-electron chi connectivity index (χ4n) is 2.29. The van der Waals surface area contributed by atoms with E-state index in [1.807, 2.05) is 37.5 Å². The molecule has 0 fully saturated rings. The van der Waals surface area contributed by atoms with E-state index < -0.39 is 0 Å². The number of halogens is 1. The summed E-state index contributed by atoms with van der Waals surface area (Å²) in [4.78, 5) is 11.2. The first-order valence-corrected chi connectivity index (χ1v) is 7.64. The predicted octanol–water partition coefficient (Wildman–Crippen LogP) is 4.59. The van der Waals surface area contributed by atoms with Gasteiger partial charge in [-0.2, -0.15) is 0 Å². The first kappa shape index (κ1) is 14.0. The van der Waals surface area contributed by atoms with Crippen LogP contribution in [-0.4, -0.2) is 17.0 Å². The number of anilines is 1. The summed E-state index contributed by atoms with van der Waals surface area (Å²) in [7, 11) is 2.03.